The fourth-order valence-corrected chi connectivity index (χ4v) is 3.59. The molecule has 142 valence electrons. The molecule has 0 aliphatic heterocycles. The monoisotopic (exact) mass is 388 g/mol. The minimum atomic E-state index is -1.16. The number of carbonyl (C=O) groups is 1. The van der Waals surface area contributed by atoms with Crippen molar-refractivity contribution in [3.63, 3.8) is 0 Å². The summed E-state index contributed by atoms with van der Waals surface area (Å²) >= 11 is 1.08. The summed E-state index contributed by atoms with van der Waals surface area (Å²) in [5.41, 5.74) is 17.6. The molecule has 3 heterocycles. The molecule has 0 fully saturated rings. The average Bonchev–Trinajstić information content (AvgIpc) is 3.02. The number of aliphatic hydroxyl groups excluding tert-OH is 1. The van der Waals surface area contributed by atoms with Gasteiger partial charge in [-0.05, 0) is 24.5 Å². The Morgan fingerprint density at radius 3 is 2.81 bits per heavy atom. The van der Waals surface area contributed by atoms with Crippen LogP contribution in [0.15, 0.2) is 24.7 Å². The van der Waals surface area contributed by atoms with Gasteiger partial charge in [-0.15, -0.1) is 11.3 Å². The summed E-state index contributed by atoms with van der Waals surface area (Å²) in [6, 6.07) is 1.86. The zero-order chi connectivity index (χ0) is 19.6. The number of methoxy groups -OCH3 is 1. The van der Waals surface area contributed by atoms with Crippen molar-refractivity contribution in [1.29, 1.82) is 0 Å². The molecule has 3 aromatic heterocycles. The molecule has 0 unspecified atom stereocenters. The SMILES string of the molecule is COc1cncc(CC[C@@](N)(CO)c2ncc3c(N)c(C(N)=O)sc3n2)c1. The average molecular weight is 388 g/mol. The number of nitrogens with two attached hydrogens (primary N) is 3. The van der Waals surface area contributed by atoms with Gasteiger partial charge in [-0.3, -0.25) is 9.78 Å². The Balaban J connectivity index is 1.89. The highest BCUT2D eigenvalue weighted by Gasteiger charge is 2.31. The zero-order valence-electron chi connectivity index (χ0n) is 14.7. The molecule has 1 amide bonds. The molecule has 9 nitrogen and oxygen atoms in total. The van der Waals surface area contributed by atoms with Crippen molar-refractivity contribution in [2.75, 3.05) is 19.5 Å². The van der Waals surface area contributed by atoms with E-state index >= 15 is 0 Å². The van der Waals surface area contributed by atoms with E-state index in [-0.39, 0.29) is 23.0 Å². The van der Waals surface area contributed by atoms with E-state index in [0.29, 0.717) is 28.8 Å². The number of carbonyl (C=O) groups excluding carboxylic acids is 1. The van der Waals surface area contributed by atoms with Crippen molar-refractivity contribution >= 4 is 33.1 Å². The molecule has 0 aliphatic rings. The number of aryl methyl sites for hydroxylation is 1. The number of nitrogen functional groups attached to an aromatic ring is 1. The lowest BCUT2D eigenvalue weighted by Crippen LogP contribution is -2.42. The molecule has 0 aliphatic carbocycles. The van der Waals surface area contributed by atoms with Crippen LogP contribution in [0, 0.1) is 0 Å². The highest BCUT2D eigenvalue weighted by Crippen LogP contribution is 2.33. The third kappa shape index (κ3) is 3.68. The molecule has 3 rings (SSSR count). The molecule has 7 N–H and O–H groups in total. The predicted molar refractivity (Wildman–Crippen MR) is 102 cm³/mol. The van der Waals surface area contributed by atoms with E-state index in [9.17, 15) is 9.90 Å². The lowest BCUT2D eigenvalue weighted by Gasteiger charge is -2.25. The first kappa shape index (κ1) is 19.0. The number of hydrogen-bond acceptors (Lipinski definition) is 9. The van der Waals surface area contributed by atoms with Crippen molar-refractivity contribution in [3.8, 4) is 5.75 Å². The van der Waals surface area contributed by atoms with Crippen LogP contribution in [0.4, 0.5) is 5.69 Å². The normalized spacial score (nSPS) is 13.4. The molecule has 0 saturated carbocycles. The molecule has 3 aromatic rings. The Morgan fingerprint density at radius 2 is 2.15 bits per heavy atom. The van der Waals surface area contributed by atoms with Gasteiger partial charge >= 0.3 is 0 Å². The number of ether oxygens (including phenoxy) is 1. The maximum Gasteiger partial charge on any atom is 0.260 e. The second-order valence-electron chi connectivity index (χ2n) is 6.17. The summed E-state index contributed by atoms with van der Waals surface area (Å²) in [6.07, 6.45) is 5.75. The van der Waals surface area contributed by atoms with E-state index in [2.05, 4.69) is 15.0 Å². The Morgan fingerprint density at radius 1 is 1.37 bits per heavy atom. The largest absolute Gasteiger partial charge is 0.495 e. The van der Waals surface area contributed by atoms with Gasteiger partial charge < -0.3 is 27.0 Å². The Labute approximate surface area is 159 Å². The van der Waals surface area contributed by atoms with Gasteiger partial charge in [0, 0.05) is 12.4 Å². The van der Waals surface area contributed by atoms with Crippen LogP contribution in [0.3, 0.4) is 0 Å². The van der Waals surface area contributed by atoms with Crippen LogP contribution >= 0.6 is 11.3 Å². The third-order valence-electron chi connectivity index (χ3n) is 4.30. The first-order chi connectivity index (χ1) is 12.9. The van der Waals surface area contributed by atoms with Gasteiger partial charge in [-0.25, -0.2) is 9.97 Å². The minimum absolute atomic E-state index is 0.227. The van der Waals surface area contributed by atoms with E-state index in [4.69, 9.17) is 21.9 Å². The smallest absolute Gasteiger partial charge is 0.260 e. The van der Waals surface area contributed by atoms with Gasteiger partial charge in [0.05, 0.1) is 36.5 Å². The van der Waals surface area contributed by atoms with Gasteiger partial charge in [-0.1, -0.05) is 0 Å². The van der Waals surface area contributed by atoms with Crippen LogP contribution < -0.4 is 21.9 Å². The number of fused-ring (bicyclic) bond motifs is 1. The highest BCUT2D eigenvalue weighted by atomic mass is 32.1. The van der Waals surface area contributed by atoms with E-state index in [1.165, 1.54) is 6.20 Å². The molecule has 0 aromatic carbocycles. The number of hydrogen-bond donors (Lipinski definition) is 4. The number of anilines is 1. The number of aliphatic hydroxyl groups is 1. The van der Waals surface area contributed by atoms with E-state index in [0.717, 1.165) is 16.9 Å². The molecular formula is C17H20N6O3S. The summed E-state index contributed by atoms with van der Waals surface area (Å²) in [5.74, 6) is 0.291. The number of aromatic nitrogens is 3. The number of rotatable bonds is 7. The molecule has 1 atom stereocenters. The number of amides is 1. The number of thiophene rings is 1. The summed E-state index contributed by atoms with van der Waals surface area (Å²) in [4.78, 5) is 25.0. The van der Waals surface area contributed by atoms with Crippen LogP contribution in [-0.2, 0) is 12.0 Å². The number of pyridine rings is 1. The lowest BCUT2D eigenvalue weighted by atomic mass is 9.92. The summed E-state index contributed by atoms with van der Waals surface area (Å²) in [5, 5.41) is 10.4. The van der Waals surface area contributed by atoms with E-state index in [1.807, 2.05) is 6.07 Å². The fraction of sp³-hybridized carbons (Fsp3) is 0.294. The van der Waals surface area contributed by atoms with Gasteiger partial charge in [0.2, 0.25) is 0 Å². The van der Waals surface area contributed by atoms with Gasteiger partial charge in [0.1, 0.15) is 15.5 Å². The number of primary amides is 1. The molecule has 0 radical (unpaired) electrons. The highest BCUT2D eigenvalue weighted by molar-refractivity contribution is 7.21. The Kier molecular flexibility index (Phi) is 5.22. The summed E-state index contributed by atoms with van der Waals surface area (Å²) in [7, 11) is 1.57. The van der Waals surface area contributed by atoms with Crippen LogP contribution in [0.5, 0.6) is 5.75 Å². The quantitative estimate of drug-likeness (QED) is 0.456. The predicted octanol–water partition coefficient (Wildman–Crippen LogP) is 0.555. The van der Waals surface area contributed by atoms with Crippen LogP contribution in [0.2, 0.25) is 0 Å². The first-order valence-electron chi connectivity index (χ1n) is 8.11. The second kappa shape index (κ2) is 7.43. The maximum atomic E-state index is 11.5. The number of nitrogens with zero attached hydrogens (tertiary/aromatic N) is 3. The second-order valence-corrected chi connectivity index (χ2v) is 7.17. The third-order valence-corrected chi connectivity index (χ3v) is 5.43. The van der Waals surface area contributed by atoms with Gasteiger partial charge in [-0.2, -0.15) is 0 Å². The summed E-state index contributed by atoms with van der Waals surface area (Å²) in [6.45, 7) is -0.348. The maximum absolute atomic E-state index is 11.5. The van der Waals surface area contributed by atoms with Crippen molar-refractivity contribution in [3.05, 3.63) is 40.9 Å². The van der Waals surface area contributed by atoms with Crippen molar-refractivity contribution in [1.82, 2.24) is 15.0 Å². The van der Waals surface area contributed by atoms with Crippen LogP contribution in [0.1, 0.15) is 27.5 Å². The van der Waals surface area contributed by atoms with Crippen molar-refractivity contribution < 1.29 is 14.6 Å². The van der Waals surface area contributed by atoms with Crippen LogP contribution in [-0.4, -0.2) is 39.7 Å². The van der Waals surface area contributed by atoms with Gasteiger partial charge in [0.25, 0.3) is 5.91 Å². The Hall–Kier alpha value is -2.82. The molecule has 0 spiro atoms. The van der Waals surface area contributed by atoms with E-state index < -0.39 is 11.4 Å². The standard InChI is InChI=1S/C17H20N6O3S/c1-26-10-4-9(5-21-6-10)2-3-17(20,8-24)16-22-7-11-12(18)13(14(19)25)27-15(11)23-16/h4-7,24H,2-3,8,18,20H2,1H3,(H2,19,25)/t17-/m1/s1. The molecular weight excluding hydrogens is 368 g/mol. The Bertz CT molecular complexity index is 992. The molecule has 10 heteroatoms. The van der Waals surface area contributed by atoms with Gasteiger partial charge in [0.15, 0.2) is 5.82 Å². The fourth-order valence-electron chi connectivity index (χ4n) is 2.67. The minimum Gasteiger partial charge on any atom is -0.495 e. The molecule has 0 saturated heterocycles. The zero-order valence-corrected chi connectivity index (χ0v) is 15.5. The van der Waals surface area contributed by atoms with Crippen molar-refractivity contribution in [2.24, 2.45) is 11.5 Å². The topological polar surface area (TPSA) is 163 Å². The molecule has 0 bridgehead atoms. The molecule has 27 heavy (non-hydrogen) atoms. The van der Waals surface area contributed by atoms with Crippen LogP contribution in [0.25, 0.3) is 10.2 Å². The van der Waals surface area contributed by atoms with Crippen molar-refractivity contribution in [2.45, 2.75) is 18.4 Å². The lowest BCUT2D eigenvalue weighted by molar-refractivity contribution is 0.100. The first-order valence-corrected chi connectivity index (χ1v) is 8.92. The summed E-state index contributed by atoms with van der Waals surface area (Å²) < 4.78 is 5.16. The van der Waals surface area contributed by atoms with E-state index in [1.54, 1.807) is 19.5 Å².